The SMILES string of the molecule is Cc1cc(C)n(-c2cc(NCCNC(=O)Nc3c(F)cccc3F)ncn2)n1. The summed E-state index contributed by atoms with van der Waals surface area (Å²) in [6.45, 7) is 4.38. The van der Waals surface area contributed by atoms with Crippen LogP contribution in [0.5, 0.6) is 0 Å². The highest BCUT2D eigenvalue weighted by atomic mass is 19.1. The lowest BCUT2D eigenvalue weighted by molar-refractivity contribution is 0.252. The van der Waals surface area contributed by atoms with E-state index in [0.29, 0.717) is 18.2 Å². The molecular formula is C18H19F2N7O. The second-order valence-electron chi connectivity index (χ2n) is 6.00. The molecule has 8 nitrogen and oxygen atoms in total. The van der Waals surface area contributed by atoms with Crippen molar-refractivity contribution in [2.45, 2.75) is 13.8 Å². The van der Waals surface area contributed by atoms with E-state index in [9.17, 15) is 13.6 Å². The topological polar surface area (TPSA) is 96.8 Å². The molecule has 0 bridgehead atoms. The Balaban J connectivity index is 1.51. The van der Waals surface area contributed by atoms with Crippen molar-refractivity contribution in [3.05, 3.63) is 59.7 Å². The Morgan fingerprint density at radius 2 is 1.86 bits per heavy atom. The number of aryl methyl sites for hydroxylation is 2. The molecule has 2 heterocycles. The number of rotatable bonds is 6. The number of amides is 2. The Kier molecular flexibility index (Phi) is 5.78. The third-order valence-electron chi connectivity index (χ3n) is 3.80. The van der Waals surface area contributed by atoms with Crippen LogP contribution in [0.3, 0.4) is 0 Å². The summed E-state index contributed by atoms with van der Waals surface area (Å²) in [6.07, 6.45) is 1.41. The number of aromatic nitrogens is 4. The molecule has 0 saturated heterocycles. The van der Waals surface area contributed by atoms with Gasteiger partial charge in [-0.25, -0.2) is 28.2 Å². The zero-order valence-corrected chi connectivity index (χ0v) is 15.3. The lowest BCUT2D eigenvalue weighted by Gasteiger charge is -2.10. The van der Waals surface area contributed by atoms with Crippen molar-refractivity contribution in [1.29, 1.82) is 0 Å². The molecule has 2 aromatic heterocycles. The summed E-state index contributed by atoms with van der Waals surface area (Å²) in [5, 5.41) is 12.1. The average Bonchev–Trinajstić information content (AvgIpc) is 3.00. The van der Waals surface area contributed by atoms with E-state index < -0.39 is 23.4 Å². The van der Waals surface area contributed by atoms with E-state index in [4.69, 9.17) is 0 Å². The van der Waals surface area contributed by atoms with Crippen LogP contribution in [0.25, 0.3) is 5.82 Å². The molecule has 1 aromatic carbocycles. The summed E-state index contributed by atoms with van der Waals surface area (Å²) in [6, 6.07) is 6.31. The first-order chi connectivity index (χ1) is 13.4. The van der Waals surface area contributed by atoms with Gasteiger partial charge in [0.1, 0.15) is 29.5 Å². The van der Waals surface area contributed by atoms with Gasteiger partial charge in [-0.3, -0.25) is 0 Å². The molecule has 3 aromatic rings. The molecule has 28 heavy (non-hydrogen) atoms. The minimum atomic E-state index is -0.842. The van der Waals surface area contributed by atoms with Gasteiger partial charge < -0.3 is 16.0 Å². The van der Waals surface area contributed by atoms with Gasteiger partial charge in [0.2, 0.25) is 0 Å². The smallest absolute Gasteiger partial charge is 0.319 e. The number of para-hydroxylation sites is 1. The van der Waals surface area contributed by atoms with Crippen LogP contribution >= 0.6 is 0 Å². The molecule has 0 atom stereocenters. The van der Waals surface area contributed by atoms with Gasteiger partial charge in [-0.1, -0.05) is 6.07 Å². The third-order valence-corrected chi connectivity index (χ3v) is 3.80. The summed E-state index contributed by atoms with van der Waals surface area (Å²) in [4.78, 5) is 20.1. The number of nitrogens with one attached hydrogen (secondary N) is 3. The van der Waals surface area contributed by atoms with Gasteiger partial charge >= 0.3 is 6.03 Å². The van der Waals surface area contributed by atoms with Crippen LogP contribution in [0.15, 0.2) is 36.7 Å². The number of benzene rings is 1. The average molecular weight is 387 g/mol. The van der Waals surface area contributed by atoms with Crippen LogP contribution in [0, 0.1) is 25.5 Å². The van der Waals surface area contributed by atoms with Crippen molar-refractivity contribution < 1.29 is 13.6 Å². The molecule has 0 aliphatic heterocycles. The Morgan fingerprint density at radius 1 is 1.11 bits per heavy atom. The molecule has 0 spiro atoms. The molecule has 0 radical (unpaired) electrons. The molecule has 0 fully saturated rings. The fourth-order valence-electron chi connectivity index (χ4n) is 2.56. The van der Waals surface area contributed by atoms with Gasteiger partial charge in [-0.2, -0.15) is 5.10 Å². The zero-order chi connectivity index (χ0) is 20.1. The van der Waals surface area contributed by atoms with E-state index in [1.807, 2.05) is 19.9 Å². The van der Waals surface area contributed by atoms with Gasteiger partial charge in [0.25, 0.3) is 0 Å². The van der Waals surface area contributed by atoms with Crippen molar-refractivity contribution in [1.82, 2.24) is 25.1 Å². The van der Waals surface area contributed by atoms with Crippen LogP contribution in [0.2, 0.25) is 0 Å². The maximum Gasteiger partial charge on any atom is 0.319 e. The number of urea groups is 1. The minimum absolute atomic E-state index is 0.209. The Morgan fingerprint density at radius 3 is 2.54 bits per heavy atom. The minimum Gasteiger partial charge on any atom is -0.368 e. The lowest BCUT2D eigenvalue weighted by Crippen LogP contribution is -2.33. The monoisotopic (exact) mass is 387 g/mol. The molecular weight excluding hydrogens is 368 g/mol. The largest absolute Gasteiger partial charge is 0.368 e. The number of carbonyl (C=O) groups is 1. The third kappa shape index (κ3) is 4.58. The van der Waals surface area contributed by atoms with Crippen molar-refractivity contribution in [2.24, 2.45) is 0 Å². The van der Waals surface area contributed by atoms with Gasteiger partial charge in [0, 0.05) is 24.8 Å². The van der Waals surface area contributed by atoms with E-state index in [1.165, 1.54) is 12.4 Å². The first-order valence-electron chi connectivity index (χ1n) is 8.52. The summed E-state index contributed by atoms with van der Waals surface area (Å²) in [5.74, 6) is -0.513. The molecule has 0 unspecified atom stereocenters. The number of carbonyl (C=O) groups excluding carboxylic acids is 1. The number of halogens is 2. The van der Waals surface area contributed by atoms with Crippen molar-refractivity contribution in [3.63, 3.8) is 0 Å². The van der Waals surface area contributed by atoms with E-state index in [-0.39, 0.29) is 6.54 Å². The van der Waals surface area contributed by atoms with Crippen LogP contribution in [-0.4, -0.2) is 38.9 Å². The normalized spacial score (nSPS) is 10.6. The van der Waals surface area contributed by atoms with Crippen LogP contribution < -0.4 is 16.0 Å². The molecule has 0 saturated carbocycles. The van der Waals surface area contributed by atoms with Gasteiger partial charge in [0.05, 0.1) is 5.69 Å². The van der Waals surface area contributed by atoms with Crippen LogP contribution in [0.4, 0.5) is 25.1 Å². The highest BCUT2D eigenvalue weighted by Crippen LogP contribution is 2.17. The quantitative estimate of drug-likeness (QED) is 0.565. The van der Waals surface area contributed by atoms with E-state index in [2.05, 4.69) is 31.0 Å². The zero-order valence-electron chi connectivity index (χ0n) is 15.3. The molecule has 3 rings (SSSR count). The summed E-state index contributed by atoms with van der Waals surface area (Å²) in [7, 11) is 0. The first kappa shape index (κ1) is 19.2. The maximum atomic E-state index is 13.5. The second-order valence-corrected chi connectivity index (χ2v) is 6.00. The van der Waals surface area contributed by atoms with E-state index >= 15 is 0 Å². The Labute approximate surface area is 160 Å². The summed E-state index contributed by atoms with van der Waals surface area (Å²) >= 11 is 0. The fraction of sp³-hybridized carbons (Fsp3) is 0.222. The van der Waals surface area contributed by atoms with Gasteiger partial charge in [-0.05, 0) is 32.0 Å². The van der Waals surface area contributed by atoms with Crippen molar-refractivity contribution in [3.8, 4) is 5.82 Å². The van der Waals surface area contributed by atoms with Crippen LogP contribution in [-0.2, 0) is 0 Å². The Bertz CT molecular complexity index is 970. The molecule has 146 valence electrons. The molecule has 0 aliphatic carbocycles. The summed E-state index contributed by atoms with van der Waals surface area (Å²) in [5.41, 5.74) is 1.34. The van der Waals surface area contributed by atoms with Crippen LogP contribution in [0.1, 0.15) is 11.4 Å². The predicted octanol–water partition coefficient (Wildman–Crippen LogP) is 2.79. The van der Waals surface area contributed by atoms with E-state index in [1.54, 1.807) is 10.7 Å². The summed E-state index contributed by atoms with van der Waals surface area (Å²) < 4.78 is 28.7. The molecule has 10 heteroatoms. The maximum absolute atomic E-state index is 13.5. The first-order valence-corrected chi connectivity index (χ1v) is 8.52. The standard InChI is InChI=1S/C18H19F2N7O/c1-11-8-12(2)27(26-11)16-9-15(23-10-24-16)21-6-7-22-18(28)25-17-13(19)4-3-5-14(17)20/h3-5,8-10H,6-7H2,1-2H3,(H,21,23,24)(H2,22,25,28). The number of hydrogen-bond acceptors (Lipinski definition) is 5. The van der Waals surface area contributed by atoms with E-state index in [0.717, 1.165) is 23.5 Å². The highest BCUT2D eigenvalue weighted by molar-refractivity contribution is 5.89. The fourth-order valence-corrected chi connectivity index (χ4v) is 2.56. The predicted molar refractivity (Wildman–Crippen MR) is 100 cm³/mol. The number of hydrogen-bond donors (Lipinski definition) is 3. The van der Waals surface area contributed by atoms with Crippen molar-refractivity contribution in [2.75, 3.05) is 23.7 Å². The highest BCUT2D eigenvalue weighted by Gasteiger charge is 2.11. The van der Waals surface area contributed by atoms with Gasteiger partial charge in [-0.15, -0.1) is 0 Å². The molecule has 0 aliphatic rings. The Hall–Kier alpha value is -3.56. The second kappa shape index (κ2) is 8.42. The number of nitrogens with zero attached hydrogens (tertiary/aromatic N) is 4. The molecule has 3 N–H and O–H groups in total. The van der Waals surface area contributed by atoms with Gasteiger partial charge in [0.15, 0.2) is 5.82 Å². The number of anilines is 2. The van der Waals surface area contributed by atoms with Crippen molar-refractivity contribution >= 4 is 17.5 Å². The molecule has 2 amide bonds. The lowest BCUT2D eigenvalue weighted by atomic mass is 10.3.